The maximum Gasteiger partial charge on any atom is 0.316 e. The number of fused-ring (bicyclic) bond motifs is 2. The molecule has 2 fully saturated rings. The van der Waals surface area contributed by atoms with Crippen molar-refractivity contribution in [1.82, 2.24) is 10.2 Å². The average molecular weight is 328 g/mol. The number of hydrogen-bond acceptors (Lipinski definition) is 3. The van der Waals surface area contributed by atoms with Gasteiger partial charge in [0.1, 0.15) is 17.0 Å². The Morgan fingerprint density at radius 1 is 1.21 bits per heavy atom. The van der Waals surface area contributed by atoms with Gasteiger partial charge in [0, 0.05) is 10.8 Å². The predicted octanol–water partition coefficient (Wildman–Crippen LogP) is 3.20. The monoisotopic (exact) mass is 328 g/mol. The van der Waals surface area contributed by atoms with Crippen LogP contribution in [0.2, 0.25) is 0 Å². The van der Waals surface area contributed by atoms with Crippen molar-refractivity contribution in [3.05, 3.63) is 47.2 Å². The molecule has 2 saturated carbocycles. The Balaban J connectivity index is 1.76. The largest absolute Gasteiger partial charge is 0.481 e. The van der Waals surface area contributed by atoms with Gasteiger partial charge in [0.25, 0.3) is 0 Å². The molecule has 1 aromatic carbocycles. The zero-order valence-electron chi connectivity index (χ0n) is 12.9. The molecule has 2 aromatic rings. The van der Waals surface area contributed by atoms with E-state index in [1.54, 1.807) is 6.07 Å². The van der Waals surface area contributed by atoms with E-state index in [9.17, 15) is 18.7 Å². The number of aromatic nitrogens is 2. The van der Waals surface area contributed by atoms with E-state index >= 15 is 0 Å². The third-order valence-electron chi connectivity index (χ3n) is 6.75. The molecule has 0 spiro atoms. The summed E-state index contributed by atoms with van der Waals surface area (Å²) in [6.07, 6.45) is 2.10. The summed E-state index contributed by atoms with van der Waals surface area (Å²) >= 11 is 0. The first kappa shape index (κ1) is 14.0. The highest BCUT2D eigenvalue weighted by Gasteiger charge is 2.86. The molecule has 6 heteroatoms. The Labute approximate surface area is 136 Å². The number of carboxylic acid groups (broad SMARTS) is 1. The molecule has 2 unspecified atom stereocenters. The topological polar surface area (TPSA) is 63.1 Å². The number of carboxylic acids is 1. The molecule has 3 atom stereocenters. The zero-order valence-corrected chi connectivity index (χ0v) is 12.9. The number of carbonyl (C=O) groups is 1. The zero-order chi connectivity index (χ0) is 16.9. The lowest BCUT2D eigenvalue weighted by Gasteiger charge is -2.31. The second-order valence-electron chi connectivity index (χ2n) is 7.39. The van der Waals surface area contributed by atoms with Crippen LogP contribution < -0.4 is 0 Å². The molecule has 4 nitrogen and oxygen atoms in total. The Hall–Kier alpha value is -2.37. The van der Waals surface area contributed by atoms with E-state index in [1.807, 2.05) is 6.92 Å². The smallest absolute Gasteiger partial charge is 0.316 e. The minimum atomic E-state index is -1.01. The highest BCUT2D eigenvalue weighted by molar-refractivity contribution is 5.89. The first-order valence-electron chi connectivity index (χ1n) is 7.94. The highest BCUT2D eigenvalue weighted by Crippen LogP contribution is 2.85. The predicted molar refractivity (Wildman–Crippen MR) is 80.3 cm³/mol. The van der Waals surface area contributed by atoms with Crippen molar-refractivity contribution < 1.29 is 18.7 Å². The van der Waals surface area contributed by atoms with E-state index in [-0.39, 0.29) is 22.1 Å². The fourth-order valence-corrected chi connectivity index (χ4v) is 5.45. The molecule has 2 bridgehead atoms. The van der Waals surface area contributed by atoms with Crippen LogP contribution in [0, 0.1) is 17.0 Å². The van der Waals surface area contributed by atoms with Crippen molar-refractivity contribution in [2.24, 2.45) is 5.41 Å². The number of halogens is 2. The second kappa shape index (κ2) is 3.82. The Bertz CT molecular complexity index is 922. The van der Waals surface area contributed by atoms with Gasteiger partial charge in [-0.1, -0.05) is 13.0 Å². The van der Waals surface area contributed by atoms with Gasteiger partial charge in [-0.05, 0) is 43.0 Å². The van der Waals surface area contributed by atoms with Crippen molar-refractivity contribution in [1.29, 1.82) is 0 Å². The van der Waals surface area contributed by atoms with Crippen LogP contribution in [0.1, 0.15) is 37.4 Å². The van der Waals surface area contributed by atoms with Gasteiger partial charge in [-0.2, -0.15) is 5.10 Å². The van der Waals surface area contributed by atoms with Crippen molar-refractivity contribution in [2.75, 3.05) is 0 Å². The molecule has 0 amide bonds. The number of rotatable bonds is 2. The molecule has 5 rings (SSSR count). The van der Waals surface area contributed by atoms with E-state index in [0.717, 1.165) is 18.4 Å². The number of nitrogens with zero attached hydrogens (tertiary/aromatic N) is 2. The lowest BCUT2D eigenvalue weighted by atomic mass is 9.72. The van der Waals surface area contributed by atoms with Crippen LogP contribution >= 0.6 is 0 Å². The maximum absolute atomic E-state index is 14.1. The summed E-state index contributed by atoms with van der Waals surface area (Å²) in [5, 5.41) is 18.0. The van der Waals surface area contributed by atoms with Gasteiger partial charge >= 0.3 is 5.97 Å². The molecule has 0 radical (unpaired) electrons. The number of benzene rings is 1. The molecule has 1 aromatic heterocycles. The SMILES string of the molecule is CC12CC13CC[C@]2(C(=O)O)c1nnc(-c2c(F)cccc2F)cc13. The molecule has 1 heterocycles. The van der Waals surface area contributed by atoms with Crippen LogP contribution in [0.3, 0.4) is 0 Å². The summed E-state index contributed by atoms with van der Waals surface area (Å²) in [5.41, 5.74) is -0.397. The van der Waals surface area contributed by atoms with Crippen LogP contribution in [0.5, 0.6) is 0 Å². The van der Waals surface area contributed by atoms with Crippen molar-refractivity contribution in [2.45, 2.75) is 37.0 Å². The highest BCUT2D eigenvalue weighted by atomic mass is 19.1. The Morgan fingerprint density at radius 2 is 1.92 bits per heavy atom. The molecule has 1 N–H and O–H groups in total. The third kappa shape index (κ3) is 1.19. The quantitative estimate of drug-likeness (QED) is 0.919. The molecule has 122 valence electrons. The fraction of sp³-hybridized carbons (Fsp3) is 0.389. The molecule has 3 aliphatic rings. The minimum absolute atomic E-state index is 0.126. The molecule has 3 aliphatic carbocycles. The summed E-state index contributed by atoms with van der Waals surface area (Å²) in [6.45, 7) is 1.99. The fourth-order valence-electron chi connectivity index (χ4n) is 5.45. The Kier molecular flexibility index (Phi) is 2.23. The number of hydrogen-bond donors (Lipinski definition) is 1. The van der Waals surface area contributed by atoms with Crippen molar-refractivity contribution >= 4 is 5.97 Å². The summed E-state index contributed by atoms with van der Waals surface area (Å²) in [5.74, 6) is -2.27. The third-order valence-corrected chi connectivity index (χ3v) is 6.75. The van der Waals surface area contributed by atoms with Crippen molar-refractivity contribution in [3.63, 3.8) is 0 Å². The van der Waals surface area contributed by atoms with Crippen LogP contribution in [0.25, 0.3) is 11.3 Å². The molecule has 24 heavy (non-hydrogen) atoms. The average Bonchev–Trinajstić information content (AvgIpc) is 3.00. The van der Waals surface area contributed by atoms with Gasteiger partial charge in [0.15, 0.2) is 0 Å². The first-order chi connectivity index (χ1) is 11.4. The summed E-state index contributed by atoms with van der Waals surface area (Å²) in [6, 6.07) is 5.31. The van der Waals surface area contributed by atoms with Gasteiger partial charge in [0.05, 0.1) is 17.0 Å². The molecule has 0 aliphatic heterocycles. The minimum Gasteiger partial charge on any atom is -0.481 e. The first-order valence-corrected chi connectivity index (χ1v) is 7.94. The van der Waals surface area contributed by atoms with Crippen LogP contribution in [0.4, 0.5) is 8.78 Å². The number of aliphatic carboxylic acids is 1. The summed E-state index contributed by atoms with van der Waals surface area (Å²) < 4.78 is 28.1. The van der Waals surface area contributed by atoms with E-state index < -0.39 is 23.0 Å². The molecule has 0 saturated heterocycles. The van der Waals surface area contributed by atoms with Crippen LogP contribution in [-0.2, 0) is 15.6 Å². The van der Waals surface area contributed by atoms with Crippen LogP contribution in [0.15, 0.2) is 24.3 Å². The van der Waals surface area contributed by atoms with E-state index in [4.69, 9.17) is 0 Å². The second-order valence-corrected chi connectivity index (χ2v) is 7.39. The normalized spacial score (nSPS) is 34.8. The van der Waals surface area contributed by atoms with Crippen LogP contribution in [-0.4, -0.2) is 21.3 Å². The van der Waals surface area contributed by atoms with Gasteiger partial charge < -0.3 is 5.11 Å². The van der Waals surface area contributed by atoms with Gasteiger partial charge in [-0.3, -0.25) is 4.79 Å². The van der Waals surface area contributed by atoms with Gasteiger partial charge in [0.2, 0.25) is 0 Å². The Morgan fingerprint density at radius 3 is 2.54 bits per heavy atom. The maximum atomic E-state index is 14.1. The van der Waals surface area contributed by atoms with Crippen molar-refractivity contribution in [3.8, 4) is 11.3 Å². The lowest BCUT2D eigenvalue weighted by molar-refractivity contribution is -0.146. The summed E-state index contributed by atoms with van der Waals surface area (Å²) in [7, 11) is 0. The van der Waals surface area contributed by atoms with Gasteiger partial charge in [-0.15, -0.1) is 5.10 Å². The standard InChI is InChI=1S/C18H14F2N2O2/c1-16-8-17(16)5-6-18(16,15(23)24)14-9(17)7-12(21-22-14)13-10(19)3-2-4-11(13)20/h2-4,7H,5-6,8H2,1H3,(H,23,24)/t16?,17?,18-/m1/s1. The molecular weight excluding hydrogens is 314 g/mol. The summed E-state index contributed by atoms with van der Waals surface area (Å²) in [4.78, 5) is 12.1. The van der Waals surface area contributed by atoms with E-state index in [1.165, 1.54) is 18.2 Å². The molecular formula is C18H14F2N2O2. The van der Waals surface area contributed by atoms with Gasteiger partial charge in [-0.25, -0.2) is 8.78 Å². The lowest BCUT2D eigenvalue weighted by Crippen LogP contribution is -2.41. The van der Waals surface area contributed by atoms with E-state index in [2.05, 4.69) is 10.2 Å². The van der Waals surface area contributed by atoms with E-state index in [0.29, 0.717) is 12.1 Å².